The summed E-state index contributed by atoms with van der Waals surface area (Å²) in [7, 11) is 3.07. The number of carbonyl (C=O) groups excluding carboxylic acids is 1. The maximum Gasteiger partial charge on any atom is 0.293 e. The van der Waals surface area contributed by atoms with Gasteiger partial charge in [0, 0.05) is 18.2 Å². The number of hydrogen-bond acceptors (Lipinski definition) is 6. The van der Waals surface area contributed by atoms with Crippen molar-refractivity contribution in [2.45, 2.75) is 6.54 Å². The molecule has 0 saturated heterocycles. The van der Waals surface area contributed by atoms with Gasteiger partial charge in [0.2, 0.25) is 5.91 Å². The van der Waals surface area contributed by atoms with Crippen molar-refractivity contribution >= 4 is 17.3 Å². The predicted molar refractivity (Wildman–Crippen MR) is 88.5 cm³/mol. The fraction of sp³-hybridized carbons (Fsp3) is 0.188. The summed E-state index contributed by atoms with van der Waals surface area (Å²) in [5.41, 5.74) is 6.15. The molecule has 2 aromatic carbocycles. The number of nitro groups is 1. The van der Waals surface area contributed by atoms with Crippen LogP contribution in [-0.2, 0) is 6.54 Å². The first-order valence-electron chi connectivity index (χ1n) is 6.99. The molecule has 0 aliphatic carbocycles. The van der Waals surface area contributed by atoms with Crippen LogP contribution < -0.4 is 20.5 Å². The lowest BCUT2D eigenvalue weighted by molar-refractivity contribution is -0.384. The largest absolute Gasteiger partial charge is 0.493 e. The number of amides is 1. The summed E-state index contributed by atoms with van der Waals surface area (Å²) in [6, 6.07) is 9.39. The van der Waals surface area contributed by atoms with E-state index in [0.717, 1.165) is 11.6 Å². The van der Waals surface area contributed by atoms with Gasteiger partial charge in [-0.1, -0.05) is 6.07 Å². The number of methoxy groups -OCH3 is 2. The van der Waals surface area contributed by atoms with Gasteiger partial charge in [-0.05, 0) is 29.8 Å². The zero-order valence-electron chi connectivity index (χ0n) is 13.2. The summed E-state index contributed by atoms with van der Waals surface area (Å²) in [4.78, 5) is 21.8. The van der Waals surface area contributed by atoms with Gasteiger partial charge in [-0.25, -0.2) is 0 Å². The minimum Gasteiger partial charge on any atom is -0.493 e. The number of anilines is 1. The number of nitro benzene ring substituents is 1. The Morgan fingerprint density at radius 3 is 2.46 bits per heavy atom. The van der Waals surface area contributed by atoms with Crippen LogP contribution in [0.5, 0.6) is 11.5 Å². The Bertz CT molecular complexity index is 776. The Morgan fingerprint density at radius 1 is 1.17 bits per heavy atom. The quantitative estimate of drug-likeness (QED) is 0.594. The number of ether oxygens (including phenoxy) is 2. The molecule has 0 aromatic heterocycles. The van der Waals surface area contributed by atoms with Crippen LogP contribution in [0.2, 0.25) is 0 Å². The van der Waals surface area contributed by atoms with E-state index in [-0.39, 0.29) is 11.3 Å². The van der Waals surface area contributed by atoms with E-state index in [4.69, 9.17) is 15.2 Å². The molecule has 0 unspecified atom stereocenters. The van der Waals surface area contributed by atoms with E-state index in [1.165, 1.54) is 19.2 Å². The smallest absolute Gasteiger partial charge is 0.293 e. The molecule has 0 saturated carbocycles. The summed E-state index contributed by atoms with van der Waals surface area (Å²) in [5.74, 6) is 0.443. The molecular formula is C16H17N3O5. The van der Waals surface area contributed by atoms with Gasteiger partial charge in [0.05, 0.1) is 19.1 Å². The zero-order chi connectivity index (χ0) is 17.7. The Balaban J connectivity index is 2.23. The van der Waals surface area contributed by atoms with Crippen LogP contribution in [0, 0.1) is 10.1 Å². The molecular weight excluding hydrogens is 314 g/mol. The number of hydrogen-bond donors (Lipinski definition) is 2. The van der Waals surface area contributed by atoms with Crippen molar-refractivity contribution in [3.8, 4) is 11.5 Å². The van der Waals surface area contributed by atoms with E-state index in [0.29, 0.717) is 23.7 Å². The minimum atomic E-state index is -0.718. The lowest BCUT2D eigenvalue weighted by Gasteiger charge is -2.11. The predicted octanol–water partition coefficient (Wildman–Crippen LogP) is 2.32. The average molecular weight is 331 g/mol. The first kappa shape index (κ1) is 17.1. The molecule has 0 spiro atoms. The molecule has 8 heteroatoms. The number of nitrogens with zero attached hydrogens (tertiary/aromatic N) is 1. The molecule has 1 amide bonds. The number of nitrogens with two attached hydrogens (primary N) is 1. The van der Waals surface area contributed by atoms with E-state index in [1.807, 2.05) is 6.07 Å². The molecule has 2 rings (SSSR count). The molecule has 0 aliphatic rings. The number of carbonyl (C=O) groups is 1. The Morgan fingerprint density at radius 2 is 1.88 bits per heavy atom. The maximum atomic E-state index is 11.2. The standard InChI is InChI=1S/C16H17N3O5/c1-23-14-6-3-10(7-15(14)24-2)9-18-12-5-4-11(16(17)20)8-13(12)19(21)22/h3-8,18H,9H2,1-2H3,(H2,17,20). The molecule has 0 radical (unpaired) electrons. The summed E-state index contributed by atoms with van der Waals surface area (Å²) in [5, 5.41) is 14.1. The molecule has 0 aliphatic heterocycles. The van der Waals surface area contributed by atoms with Gasteiger partial charge in [0.25, 0.3) is 5.69 Å². The van der Waals surface area contributed by atoms with Crippen LogP contribution in [0.25, 0.3) is 0 Å². The Hall–Kier alpha value is -3.29. The van der Waals surface area contributed by atoms with Crippen LogP contribution in [0.15, 0.2) is 36.4 Å². The second-order valence-electron chi connectivity index (χ2n) is 4.90. The van der Waals surface area contributed by atoms with E-state index >= 15 is 0 Å². The summed E-state index contributed by atoms with van der Waals surface area (Å²) >= 11 is 0. The van der Waals surface area contributed by atoms with Crippen LogP contribution in [0.1, 0.15) is 15.9 Å². The lowest BCUT2D eigenvalue weighted by Crippen LogP contribution is -2.12. The van der Waals surface area contributed by atoms with Crippen molar-refractivity contribution in [2.75, 3.05) is 19.5 Å². The Labute approximate surface area is 138 Å². The lowest BCUT2D eigenvalue weighted by atomic mass is 10.1. The van der Waals surface area contributed by atoms with Gasteiger partial charge in [0.1, 0.15) is 5.69 Å². The normalized spacial score (nSPS) is 10.1. The number of rotatable bonds is 7. The topological polar surface area (TPSA) is 117 Å². The van der Waals surface area contributed by atoms with Crippen LogP contribution in [-0.4, -0.2) is 25.1 Å². The average Bonchev–Trinajstić information content (AvgIpc) is 2.59. The van der Waals surface area contributed by atoms with Gasteiger partial charge in [-0.2, -0.15) is 0 Å². The van der Waals surface area contributed by atoms with Gasteiger partial charge >= 0.3 is 0 Å². The van der Waals surface area contributed by atoms with Gasteiger partial charge in [0.15, 0.2) is 11.5 Å². The van der Waals surface area contributed by atoms with E-state index in [1.54, 1.807) is 19.2 Å². The highest BCUT2D eigenvalue weighted by Crippen LogP contribution is 2.29. The third kappa shape index (κ3) is 3.72. The molecule has 0 bridgehead atoms. The first-order chi connectivity index (χ1) is 11.5. The summed E-state index contributed by atoms with van der Waals surface area (Å²) < 4.78 is 10.4. The highest BCUT2D eigenvalue weighted by molar-refractivity contribution is 5.94. The molecule has 0 fully saturated rings. The summed E-state index contributed by atoms with van der Waals surface area (Å²) in [6.07, 6.45) is 0. The van der Waals surface area contributed by atoms with Crippen LogP contribution in [0.4, 0.5) is 11.4 Å². The molecule has 3 N–H and O–H groups in total. The minimum absolute atomic E-state index is 0.0818. The molecule has 0 atom stereocenters. The summed E-state index contributed by atoms with van der Waals surface area (Å²) in [6.45, 7) is 0.330. The van der Waals surface area contributed by atoms with E-state index < -0.39 is 10.8 Å². The van der Waals surface area contributed by atoms with Crippen LogP contribution in [0.3, 0.4) is 0 Å². The third-order valence-electron chi connectivity index (χ3n) is 3.41. The van der Waals surface area contributed by atoms with Gasteiger partial charge in [-0.3, -0.25) is 14.9 Å². The molecule has 2 aromatic rings. The zero-order valence-corrected chi connectivity index (χ0v) is 13.2. The monoisotopic (exact) mass is 331 g/mol. The number of benzene rings is 2. The highest BCUT2D eigenvalue weighted by atomic mass is 16.6. The molecule has 0 heterocycles. The highest BCUT2D eigenvalue weighted by Gasteiger charge is 2.16. The van der Waals surface area contributed by atoms with Crippen molar-refractivity contribution in [1.29, 1.82) is 0 Å². The van der Waals surface area contributed by atoms with Crippen molar-refractivity contribution in [3.05, 3.63) is 57.6 Å². The SMILES string of the molecule is COc1ccc(CNc2ccc(C(N)=O)cc2[N+](=O)[O-])cc1OC. The fourth-order valence-corrected chi connectivity index (χ4v) is 2.17. The third-order valence-corrected chi connectivity index (χ3v) is 3.41. The molecule has 24 heavy (non-hydrogen) atoms. The molecule has 126 valence electrons. The van der Waals surface area contributed by atoms with Crippen molar-refractivity contribution in [1.82, 2.24) is 0 Å². The molecule has 8 nitrogen and oxygen atoms in total. The number of nitrogens with one attached hydrogen (secondary N) is 1. The van der Waals surface area contributed by atoms with E-state index in [2.05, 4.69) is 5.32 Å². The first-order valence-corrected chi connectivity index (χ1v) is 6.99. The second kappa shape index (κ2) is 7.32. The van der Waals surface area contributed by atoms with Crippen molar-refractivity contribution < 1.29 is 19.2 Å². The fourth-order valence-electron chi connectivity index (χ4n) is 2.17. The van der Waals surface area contributed by atoms with Crippen molar-refractivity contribution in [3.63, 3.8) is 0 Å². The van der Waals surface area contributed by atoms with E-state index in [9.17, 15) is 14.9 Å². The number of primary amides is 1. The maximum absolute atomic E-state index is 11.2. The second-order valence-corrected chi connectivity index (χ2v) is 4.90. The van der Waals surface area contributed by atoms with Crippen molar-refractivity contribution in [2.24, 2.45) is 5.73 Å². The van der Waals surface area contributed by atoms with Crippen LogP contribution >= 0.6 is 0 Å². The van der Waals surface area contributed by atoms with Gasteiger partial charge < -0.3 is 20.5 Å². The Kier molecular flexibility index (Phi) is 5.20. The van der Waals surface area contributed by atoms with Gasteiger partial charge in [-0.15, -0.1) is 0 Å².